The van der Waals surface area contributed by atoms with Crippen LogP contribution in [0.3, 0.4) is 0 Å². The smallest absolute Gasteiger partial charge is 0.274 e. The molecule has 0 spiro atoms. The molecule has 1 aliphatic heterocycles. The van der Waals surface area contributed by atoms with Gasteiger partial charge in [0.25, 0.3) is 5.91 Å². The maximum Gasteiger partial charge on any atom is 0.274 e. The van der Waals surface area contributed by atoms with Crippen LogP contribution in [0, 0.1) is 5.92 Å². The minimum absolute atomic E-state index is 0.0479. The lowest BCUT2D eigenvalue weighted by Gasteiger charge is -2.31. The number of benzene rings is 1. The van der Waals surface area contributed by atoms with Crippen molar-refractivity contribution in [1.82, 2.24) is 20.0 Å². The van der Waals surface area contributed by atoms with Gasteiger partial charge in [-0.05, 0) is 57.0 Å². The SMILES string of the molecule is CNCCC1CCN(C(=O)c2ccn(-c3ccccc3)n2)CC1. The Morgan fingerprint density at radius 3 is 2.65 bits per heavy atom. The minimum Gasteiger partial charge on any atom is -0.337 e. The van der Waals surface area contributed by atoms with Gasteiger partial charge in [0, 0.05) is 19.3 Å². The fourth-order valence-corrected chi connectivity index (χ4v) is 3.10. The van der Waals surface area contributed by atoms with E-state index in [0.29, 0.717) is 5.69 Å². The van der Waals surface area contributed by atoms with Crippen LogP contribution in [0.25, 0.3) is 5.69 Å². The maximum absolute atomic E-state index is 12.6. The van der Waals surface area contributed by atoms with Crippen molar-refractivity contribution >= 4 is 5.91 Å². The summed E-state index contributed by atoms with van der Waals surface area (Å²) in [5.74, 6) is 0.778. The Kier molecular flexibility index (Phi) is 5.08. The van der Waals surface area contributed by atoms with Crippen LogP contribution >= 0.6 is 0 Å². The molecule has 1 N–H and O–H groups in total. The Balaban J connectivity index is 1.60. The molecule has 1 saturated heterocycles. The van der Waals surface area contributed by atoms with Gasteiger partial charge in [-0.25, -0.2) is 4.68 Å². The Morgan fingerprint density at radius 1 is 1.22 bits per heavy atom. The van der Waals surface area contributed by atoms with E-state index in [4.69, 9.17) is 0 Å². The summed E-state index contributed by atoms with van der Waals surface area (Å²) in [6.45, 7) is 2.73. The van der Waals surface area contributed by atoms with Gasteiger partial charge in [-0.3, -0.25) is 4.79 Å². The Bertz CT molecular complexity index is 629. The second kappa shape index (κ2) is 7.42. The van der Waals surface area contributed by atoms with Crippen LogP contribution in [0.4, 0.5) is 0 Å². The summed E-state index contributed by atoms with van der Waals surface area (Å²) in [4.78, 5) is 14.5. The van der Waals surface area contributed by atoms with Crippen LogP contribution in [0.15, 0.2) is 42.6 Å². The van der Waals surface area contributed by atoms with Crippen LogP contribution in [0.1, 0.15) is 29.8 Å². The fraction of sp³-hybridized carbons (Fsp3) is 0.444. The number of para-hydroxylation sites is 1. The van der Waals surface area contributed by atoms with Crippen LogP contribution in [-0.2, 0) is 0 Å². The Morgan fingerprint density at radius 2 is 1.96 bits per heavy atom. The molecule has 2 heterocycles. The molecule has 0 radical (unpaired) electrons. The van der Waals surface area contributed by atoms with E-state index in [1.54, 1.807) is 4.68 Å². The lowest BCUT2D eigenvalue weighted by molar-refractivity contribution is 0.0680. The van der Waals surface area contributed by atoms with Gasteiger partial charge in [0.1, 0.15) is 0 Å². The normalized spacial score (nSPS) is 15.8. The molecule has 2 aromatic rings. The largest absolute Gasteiger partial charge is 0.337 e. The molecule has 3 rings (SSSR count). The van der Waals surface area contributed by atoms with E-state index in [9.17, 15) is 4.79 Å². The van der Waals surface area contributed by atoms with E-state index >= 15 is 0 Å². The van der Waals surface area contributed by atoms with Crippen molar-refractivity contribution in [3.63, 3.8) is 0 Å². The summed E-state index contributed by atoms with van der Waals surface area (Å²) >= 11 is 0. The molecule has 1 aliphatic rings. The number of nitrogens with zero attached hydrogens (tertiary/aromatic N) is 3. The number of hydrogen-bond donors (Lipinski definition) is 1. The molecule has 0 bridgehead atoms. The molecular formula is C18H24N4O. The van der Waals surface area contributed by atoms with Gasteiger partial charge in [0.05, 0.1) is 5.69 Å². The summed E-state index contributed by atoms with van der Waals surface area (Å²) in [6.07, 6.45) is 5.23. The summed E-state index contributed by atoms with van der Waals surface area (Å²) in [5.41, 5.74) is 1.50. The highest BCUT2D eigenvalue weighted by Crippen LogP contribution is 2.21. The quantitative estimate of drug-likeness (QED) is 0.922. The van der Waals surface area contributed by atoms with Crippen molar-refractivity contribution in [3.8, 4) is 5.69 Å². The second-order valence-corrected chi connectivity index (χ2v) is 6.11. The van der Waals surface area contributed by atoms with Crippen molar-refractivity contribution in [2.24, 2.45) is 5.92 Å². The Labute approximate surface area is 137 Å². The van der Waals surface area contributed by atoms with Crippen molar-refractivity contribution in [1.29, 1.82) is 0 Å². The number of likely N-dealkylation sites (tertiary alicyclic amines) is 1. The molecule has 0 aliphatic carbocycles. The zero-order valence-electron chi connectivity index (χ0n) is 13.6. The zero-order chi connectivity index (χ0) is 16.1. The highest BCUT2D eigenvalue weighted by atomic mass is 16.2. The van der Waals surface area contributed by atoms with Gasteiger partial charge in [-0.15, -0.1) is 0 Å². The Hall–Kier alpha value is -2.14. The minimum atomic E-state index is 0.0479. The van der Waals surface area contributed by atoms with Crippen LogP contribution < -0.4 is 5.32 Å². The average molecular weight is 312 g/mol. The third-order valence-electron chi connectivity index (χ3n) is 4.53. The summed E-state index contributed by atoms with van der Waals surface area (Å²) in [6, 6.07) is 11.7. The zero-order valence-corrected chi connectivity index (χ0v) is 13.6. The molecule has 1 amide bonds. The molecule has 0 unspecified atom stereocenters. The lowest BCUT2D eigenvalue weighted by Crippen LogP contribution is -2.39. The highest BCUT2D eigenvalue weighted by molar-refractivity contribution is 5.92. The van der Waals surface area contributed by atoms with Crippen molar-refractivity contribution in [2.75, 3.05) is 26.7 Å². The van der Waals surface area contributed by atoms with Gasteiger partial charge in [0.15, 0.2) is 5.69 Å². The number of rotatable bonds is 5. The standard InChI is InChI=1S/C18H24N4O/c1-19-11-7-15-8-12-21(13-9-15)18(23)17-10-14-22(20-17)16-5-3-2-4-6-16/h2-6,10,14-15,19H,7-9,11-13H2,1H3. The van der Waals surface area contributed by atoms with E-state index in [1.807, 2.05) is 54.5 Å². The molecule has 5 heteroatoms. The number of piperidine rings is 1. The van der Waals surface area contributed by atoms with E-state index in [2.05, 4.69) is 10.4 Å². The predicted molar refractivity (Wildman–Crippen MR) is 90.7 cm³/mol. The van der Waals surface area contributed by atoms with Crippen molar-refractivity contribution in [2.45, 2.75) is 19.3 Å². The number of aromatic nitrogens is 2. The number of amides is 1. The van der Waals surface area contributed by atoms with Crippen molar-refractivity contribution in [3.05, 3.63) is 48.3 Å². The maximum atomic E-state index is 12.6. The molecule has 1 aromatic heterocycles. The third kappa shape index (κ3) is 3.79. The fourth-order valence-electron chi connectivity index (χ4n) is 3.10. The van der Waals surface area contributed by atoms with Crippen molar-refractivity contribution < 1.29 is 4.79 Å². The topological polar surface area (TPSA) is 50.2 Å². The first-order valence-electron chi connectivity index (χ1n) is 8.33. The van der Waals surface area contributed by atoms with Crippen LogP contribution in [0.5, 0.6) is 0 Å². The highest BCUT2D eigenvalue weighted by Gasteiger charge is 2.24. The summed E-state index contributed by atoms with van der Waals surface area (Å²) in [5, 5.41) is 7.64. The van der Waals surface area contributed by atoms with Gasteiger partial charge >= 0.3 is 0 Å². The predicted octanol–water partition coefficient (Wildman–Crippen LogP) is 2.33. The first-order valence-corrected chi connectivity index (χ1v) is 8.33. The number of carbonyl (C=O) groups excluding carboxylic acids is 1. The number of hydrogen-bond acceptors (Lipinski definition) is 3. The first-order chi connectivity index (χ1) is 11.3. The lowest BCUT2D eigenvalue weighted by atomic mass is 9.93. The molecule has 23 heavy (non-hydrogen) atoms. The van der Waals surface area contributed by atoms with Crippen LogP contribution in [-0.4, -0.2) is 47.3 Å². The molecule has 1 aromatic carbocycles. The second-order valence-electron chi connectivity index (χ2n) is 6.11. The monoisotopic (exact) mass is 312 g/mol. The molecule has 122 valence electrons. The average Bonchev–Trinajstić information content (AvgIpc) is 3.11. The van der Waals surface area contributed by atoms with E-state index < -0.39 is 0 Å². The van der Waals surface area contributed by atoms with Crippen LogP contribution in [0.2, 0.25) is 0 Å². The molecule has 0 atom stereocenters. The third-order valence-corrected chi connectivity index (χ3v) is 4.53. The first kappa shape index (κ1) is 15.7. The number of carbonyl (C=O) groups is 1. The van der Waals surface area contributed by atoms with Gasteiger partial charge in [-0.2, -0.15) is 5.10 Å². The van der Waals surface area contributed by atoms with Gasteiger partial charge in [0.2, 0.25) is 0 Å². The number of nitrogens with one attached hydrogen (secondary N) is 1. The summed E-state index contributed by atoms with van der Waals surface area (Å²) < 4.78 is 1.76. The molecule has 1 fully saturated rings. The van der Waals surface area contributed by atoms with E-state index in [0.717, 1.165) is 44.1 Å². The van der Waals surface area contributed by atoms with Gasteiger partial charge < -0.3 is 10.2 Å². The molecular weight excluding hydrogens is 288 g/mol. The van der Waals surface area contributed by atoms with E-state index in [1.165, 1.54) is 6.42 Å². The van der Waals surface area contributed by atoms with Gasteiger partial charge in [-0.1, -0.05) is 18.2 Å². The molecule has 0 saturated carbocycles. The van der Waals surface area contributed by atoms with E-state index in [-0.39, 0.29) is 5.91 Å². The molecule has 5 nitrogen and oxygen atoms in total. The summed E-state index contributed by atoms with van der Waals surface area (Å²) in [7, 11) is 1.99.